The zero-order chi connectivity index (χ0) is 10.3. The number of hydrogen-bond donors (Lipinski definition) is 1. The number of allylic oxidation sites excluding steroid dienone is 1. The number of hydrogen-bond acceptors (Lipinski definition) is 2. The highest BCUT2D eigenvalue weighted by molar-refractivity contribution is 5.05. The summed E-state index contributed by atoms with van der Waals surface area (Å²) in [4.78, 5) is 0. The molecule has 1 N–H and O–H groups in total. The molecule has 0 unspecified atom stereocenters. The maximum absolute atomic E-state index is 5.34. The first-order valence-electron chi connectivity index (χ1n) is 6.44. The van der Waals surface area contributed by atoms with E-state index in [1.165, 1.54) is 44.9 Å². The fraction of sp³-hybridized carbons (Fsp3) is 0.846. The predicted octanol–water partition coefficient (Wildman–Crippen LogP) is 2.65. The minimum atomic E-state index is 0.711. The average molecular weight is 209 g/mol. The van der Waals surface area contributed by atoms with Crippen LogP contribution in [-0.4, -0.2) is 25.8 Å². The van der Waals surface area contributed by atoms with E-state index < -0.39 is 0 Å². The van der Waals surface area contributed by atoms with Crippen molar-refractivity contribution in [1.29, 1.82) is 0 Å². The van der Waals surface area contributed by atoms with Crippen LogP contribution in [-0.2, 0) is 4.74 Å². The Labute approximate surface area is 93.1 Å². The van der Waals surface area contributed by atoms with Crippen LogP contribution < -0.4 is 5.32 Å². The van der Waals surface area contributed by atoms with Crippen molar-refractivity contribution < 1.29 is 4.74 Å². The van der Waals surface area contributed by atoms with Gasteiger partial charge in [0.2, 0.25) is 0 Å². The fourth-order valence-electron chi connectivity index (χ4n) is 2.47. The monoisotopic (exact) mass is 209 g/mol. The molecule has 1 fully saturated rings. The predicted molar refractivity (Wildman–Crippen MR) is 63.0 cm³/mol. The molecule has 86 valence electrons. The van der Waals surface area contributed by atoms with E-state index in [9.17, 15) is 0 Å². The van der Waals surface area contributed by atoms with Crippen molar-refractivity contribution >= 4 is 0 Å². The third-order valence-corrected chi connectivity index (χ3v) is 3.49. The Hall–Kier alpha value is -0.340. The molecule has 0 aromatic rings. The quantitative estimate of drug-likeness (QED) is 0.719. The smallest absolute Gasteiger partial charge is 0.0480 e. The van der Waals surface area contributed by atoms with Crippen LogP contribution in [0.4, 0.5) is 0 Å². The van der Waals surface area contributed by atoms with Crippen LogP contribution in [0.15, 0.2) is 11.6 Å². The van der Waals surface area contributed by atoms with Crippen molar-refractivity contribution in [3.05, 3.63) is 11.6 Å². The molecular formula is C13H23NO. The van der Waals surface area contributed by atoms with Gasteiger partial charge in [-0.25, -0.2) is 0 Å². The molecule has 0 aromatic heterocycles. The highest BCUT2D eigenvalue weighted by Gasteiger charge is 2.12. The van der Waals surface area contributed by atoms with Crippen molar-refractivity contribution in [3.8, 4) is 0 Å². The third kappa shape index (κ3) is 3.96. The van der Waals surface area contributed by atoms with E-state index in [4.69, 9.17) is 4.74 Å². The highest BCUT2D eigenvalue weighted by Crippen LogP contribution is 2.19. The van der Waals surface area contributed by atoms with Gasteiger partial charge in [-0.05, 0) is 51.5 Å². The lowest BCUT2D eigenvalue weighted by atomic mass is 9.97. The normalized spacial score (nSPS) is 23.9. The molecule has 0 amide bonds. The second-order valence-electron chi connectivity index (χ2n) is 4.70. The fourth-order valence-corrected chi connectivity index (χ4v) is 2.47. The van der Waals surface area contributed by atoms with E-state index in [1.54, 1.807) is 5.57 Å². The zero-order valence-electron chi connectivity index (χ0n) is 9.63. The van der Waals surface area contributed by atoms with Crippen molar-refractivity contribution in [3.63, 3.8) is 0 Å². The Morgan fingerprint density at radius 2 is 2.13 bits per heavy atom. The maximum atomic E-state index is 5.34. The van der Waals surface area contributed by atoms with Crippen LogP contribution in [0.25, 0.3) is 0 Å². The standard InChI is InChI=1S/C13H23NO/c1-2-4-12(5-3-1)6-9-14-13-7-10-15-11-8-13/h4,13-14H,1-3,5-11H2. The van der Waals surface area contributed by atoms with E-state index in [0.717, 1.165) is 19.8 Å². The van der Waals surface area contributed by atoms with Crippen molar-refractivity contribution in [1.82, 2.24) is 5.32 Å². The molecule has 2 rings (SSSR count). The van der Waals surface area contributed by atoms with Gasteiger partial charge in [0.1, 0.15) is 0 Å². The number of rotatable bonds is 4. The summed E-state index contributed by atoms with van der Waals surface area (Å²) in [5.74, 6) is 0. The summed E-state index contributed by atoms with van der Waals surface area (Å²) in [6.45, 7) is 3.05. The Morgan fingerprint density at radius 3 is 2.87 bits per heavy atom. The van der Waals surface area contributed by atoms with Gasteiger partial charge in [0, 0.05) is 19.3 Å². The first kappa shape index (κ1) is 11.2. The molecule has 0 radical (unpaired) electrons. The lowest BCUT2D eigenvalue weighted by molar-refractivity contribution is 0.0782. The minimum Gasteiger partial charge on any atom is -0.381 e. The first-order chi connectivity index (χ1) is 7.45. The summed E-state index contributed by atoms with van der Waals surface area (Å²) in [5, 5.41) is 3.65. The summed E-state index contributed by atoms with van der Waals surface area (Å²) in [6, 6.07) is 0.711. The molecule has 1 saturated heterocycles. The molecule has 2 nitrogen and oxygen atoms in total. The van der Waals surface area contributed by atoms with Crippen LogP contribution in [0.3, 0.4) is 0 Å². The van der Waals surface area contributed by atoms with Gasteiger partial charge in [0.15, 0.2) is 0 Å². The molecular weight excluding hydrogens is 186 g/mol. The molecule has 1 heterocycles. The van der Waals surface area contributed by atoms with Crippen molar-refractivity contribution in [2.24, 2.45) is 0 Å². The molecule has 0 saturated carbocycles. The van der Waals surface area contributed by atoms with Crippen molar-refractivity contribution in [2.45, 2.75) is 51.0 Å². The molecule has 2 heteroatoms. The lowest BCUT2D eigenvalue weighted by Crippen LogP contribution is -2.35. The minimum absolute atomic E-state index is 0.711. The molecule has 15 heavy (non-hydrogen) atoms. The van der Waals surface area contributed by atoms with Crippen LogP contribution in [0.5, 0.6) is 0 Å². The average Bonchev–Trinajstić information content (AvgIpc) is 2.32. The summed E-state index contributed by atoms with van der Waals surface area (Å²) >= 11 is 0. The van der Waals surface area contributed by atoms with Gasteiger partial charge in [0.25, 0.3) is 0 Å². The highest BCUT2D eigenvalue weighted by atomic mass is 16.5. The molecule has 2 aliphatic rings. The van der Waals surface area contributed by atoms with Gasteiger partial charge in [-0.2, -0.15) is 0 Å². The van der Waals surface area contributed by atoms with Crippen LogP contribution >= 0.6 is 0 Å². The lowest BCUT2D eigenvalue weighted by Gasteiger charge is -2.23. The Balaban J connectivity index is 1.59. The Morgan fingerprint density at radius 1 is 1.27 bits per heavy atom. The van der Waals surface area contributed by atoms with E-state index in [-0.39, 0.29) is 0 Å². The summed E-state index contributed by atoms with van der Waals surface area (Å²) in [5.41, 5.74) is 1.68. The van der Waals surface area contributed by atoms with E-state index in [1.807, 2.05) is 0 Å². The SMILES string of the molecule is C1=C(CCNC2CCOCC2)CCCC1. The van der Waals surface area contributed by atoms with Gasteiger partial charge < -0.3 is 10.1 Å². The molecule has 0 atom stereocenters. The molecule has 0 aromatic carbocycles. The molecule has 0 spiro atoms. The third-order valence-electron chi connectivity index (χ3n) is 3.49. The van der Waals surface area contributed by atoms with Crippen LogP contribution in [0.2, 0.25) is 0 Å². The number of nitrogens with one attached hydrogen (secondary N) is 1. The molecule has 0 bridgehead atoms. The Kier molecular flexibility index (Phi) is 4.68. The summed E-state index contributed by atoms with van der Waals surface area (Å²) in [6.07, 6.45) is 11.6. The number of ether oxygens (including phenoxy) is 1. The zero-order valence-corrected chi connectivity index (χ0v) is 9.63. The topological polar surface area (TPSA) is 21.3 Å². The van der Waals surface area contributed by atoms with Crippen LogP contribution in [0, 0.1) is 0 Å². The van der Waals surface area contributed by atoms with Gasteiger partial charge in [0.05, 0.1) is 0 Å². The summed E-state index contributed by atoms with van der Waals surface area (Å²) in [7, 11) is 0. The largest absolute Gasteiger partial charge is 0.381 e. The van der Waals surface area contributed by atoms with Gasteiger partial charge in [-0.3, -0.25) is 0 Å². The van der Waals surface area contributed by atoms with Gasteiger partial charge >= 0.3 is 0 Å². The van der Waals surface area contributed by atoms with Gasteiger partial charge in [-0.1, -0.05) is 11.6 Å². The van der Waals surface area contributed by atoms with E-state index in [0.29, 0.717) is 6.04 Å². The second-order valence-corrected chi connectivity index (χ2v) is 4.70. The second kappa shape index (κ2) is 6.29. The first-order valence-corrected chi connectivity index (χ1v) is 6.44. The van der Waals surface area contributed by atoms with Crippen molar-refractivity contribution in [2.75, 3.05) is 19.8 Å². The van der Waals surface area contributed by atoms with Gasteiger partial charge in [-0.15, -0.1) is 0 Å². The van der Waals surface area contributed by atoms with Crippen LogP contribution in [0.1, 0.15) is 44.9 Å². The van der Waals surface area contributed by atoms with E-state index in [2.05, 4.69) is 11.4 Å². The maximum Gasteiger partial charge on any atom is 0.0480 e. The van der Waals surface area contributed by atoms with E-state index >= 15 is 0 Å². The Bertz CT molecular complexity index is 207. The molecule has 1 aliphatic carbocycles. The summed E-state index contributed by atoms with van der Waals surface area (Å²) < 4.78 is 5.34. The molecule has 1 aliphatic heterocycles.